The van der Waals surface area contributed by atoms with Gasteiger partial charge in [-0.05, 0) is 11.6 Å². The van der Waals surface area contributed by atoms with Crippen molar-refractivity contribution in [2.45, 2.75) is 18.0 Å². The molecule has 8 nitrogen and oxygen atoms in total. The van der Waals surface area contributed by atoms with Crippen LogP contribution < -0.4 is 10.1 Å². The molecule has 2 aromatic rings. The summed E-state index contributed by atoms with van der Waals surface area (Å²) < 4.78 is 5.16. The second-order valence-corrected chi connectivity index (χ2v) is 7.70. The number of aromatic hydroxyl groups is 1. The first-order chi connectivity index (χ1) is 14.3. The van der Waals surface area contributed by atoms with Crippen LogP contribution in [0, 0.1) is 11.8 Å². The molecule has 30 heavy (non-hydrogen) atoms. The third-order valence-corrected chi connectivity index (χ3v) is 6.17. The van der Waals surface area contributed by atoms with Crippen molar-refractivity contribution in [2.24, 2.45) is 11.8 Å². The number of carbonyl (C=O) groups is 3. The van der Waals surface area contributed by atoms with Gasteiger partial charge in [0.25, 0.3) is 0 Å². The summed E-state index contributed by atoms with van der Waals surface area (Å²) in [6.07, 6.45) is 0.0123. The standard InChI is InChI=1S/C22H22N2O6/c1-24-19(26)15-16(20(24)27)22(21(28)29,11-12-7-4-3-5-8-12)23-17(15)13-9-6-10-14(30-2)18(13)25/h3-10,15-17,23,25H,11H2,1-2H3,(H,28,29)/t15-,16-,17-,22-/m0/s1. The zero-order valence-electron chi connectivity index (χ0n) is 16.5. The summed E-state index contributed by atoms with van der Waals surface area (Å²) in [6.45, 7) is 0. The highest BCUT2D eigenvalue weighted by molar-refractivity contribution is 6.09. The van der Waals surface area contributed by atoms with Gasteiger partial charge in [-0.3, -0.25) is 24.6 Å². The quantitative estimate of drug-likeness (QED) is 0.637. The van der Waals surface area contributed by atoms with E-state index in [0.717, 1.165) is 10.5 Å². The lowest BCUT2D eigenvalue weighted by atomic mass is 9.76. The minimum Gasteiger partial charge on any atom is -0.504 e. The predicted molar refractivity (Wildman–Crippen MR) is 106 cm³/mol. The first-order valence-corrected chi connectivity index (χ1v) is 9.54. The zero-order chi connectivity index (χ0) is 21.6. The van der Waals surface area contributed by atoms with Crippen LogP contribution in [0.15, 0.2) is 48.5 Å². The van der Waals surface area contributed by atoms with Gasteiger partial charge in [0.05, 0.1) is 18.9 Å². The monoisotopic (exact) mass is 410 g/mol. The molecule has 8 heteroatoms. The van der Waals surface area contributed by atoms with E-state index in [9.17, 15) is 24.6 Å². The van der Waals surface area contributed by atoms with E-state index in [0.29, 0.717) is 5.56 Å². The number of ether oxygens (including phenoxy) is 1. The fraction of sp³-hybridized carbons (Fsp3) is 0.318. The molecule has 3 N–H and O–H groups in total. The van der Waals surface area contributed by atoms with Crippen LogP contribution in [0.1, 0.15) is 17.2 Å². The molecule has 4 atom stereocenters. The number of phenolic OH excluding ortho intramolecular Hbond substituents is 1. The lowest BCUT2D eigenvalue weighted by molar-refractivity contribution is -0.151. The number of hydrogen-bond donors (Lipinski definition) is 3. The number of carboxylic acid groups (broad SMARTS) is 1. The number of aliphatic carboxylic acids is 1. The van der Waals surface area contributed by atoms with Gasteiger partial charge in [0.1, 0.15) is 5.54 Å². The highest BCUT2D eigenvalue weighted by atomic mass is 16.5. The summed E-state index contributed by atoms with van der Waals surface area (Å²) in [4.78, 5) is 39.5. The number of carbonyl (C=O) groups excluding carboxylic acids is 2. The number of imide groups is 1. The van der Waals surface area contributed by atoms with Crippen molar-refractivity contribution in [3.05, 3.63) is 59.7 Å². The summed E-state index contributed by atoms with van der Waals surface area (Å²) in [5, 5.41) is 24.0. The van der Waals surface area contributed by atoms with Gasteiger partial charge in [-0.2, -0.15) is 0 Å². The molecule has 156 valence electrons. The minimum absolute atomic E-state index is 0.0123. The van der Waals surface area contributed by atoms with E-state index >= 15 is 0 Å². The number of nitrogens with zero attached hydrogens (tertiary/aromatic N) is 1. The average molecular weight is 410 g/mol. The Hall–Kier alpha value is -3.39. The smallest absolute Gasteiger partial charge is 0.325 e. The fourth-order valence-corrected chi connectivity index (χ4v) is 4.72. The Bertz CT molecular complexity index is 1020. The highest BCUT2D eigenvalue weighted by Gasteiger charge is 2.68. The molecule has 2 aliphatic rings. The summed E-state index contributed by atoms with van der Waals surface area (Å²) in [7, 11) is 2.76. The number of rotatable bonds is 5. The van der Waals surface area contributed by atoms with E-state index in [1.54, 1.807) is 42.5 Å². The maximum Gasteiger partial charge on any atom is 0.325 e. The van der Waals surface area contributed by atoms with Crippen LogP contribution in [0.5, 0.6) is 11.5 Å². The molecule has 0 spiro atoms. The number of phenols is 1. The third-order valence-electron chi connectivity index (χ3n) is 6.17. The maximum absolute atomic E-state index is 13.0. The topological polar surface area (TPSA) is 116 Å². The van der Waals surface area contributed by atoms with Crippen molar-refractivity contribution in [1.29, 1.82) is 0 Å². The number of para-hydroxylation sites is 1. The number of likely N-dealkylation sites (tertiary alicyclic amines) is 1. The molecule has 0 aromatic heterocycles. The molecule has 0 unspecified atom stereocenters. The molecule has 0 radical (unpaired) electrons. The summed E-state index contributed by atoms with van der Waals surface area (Å²) in [6, 6.07) is 12.9. The Labute approximate surface area is 173 Å². The second-order valence-electron chi connectivity index (χ2n) is 7.70. The van der Waals surface area contributed by atoms with Crippen LogP contribution in [-0.2, 0) is 20.8 Å². The number of fused-ring (bicyclic) bond motifs is 1. The van der Waals surface area contributed by atoms with Gasteiger partial charge in [-0.25, -0.2) is 0 Å². The lowest BCUT2D eigenvalue weighted by Gasteiger charge is -2.31. The Morgan fingerprint density at radius 3 is 2.47 bits per heavy atom. The number of methoxy groups -OCH3 is 1. The molecule has 2 heterocycles. The Morgan fingerprint density at radius 1 is 1.13 bits per heavy atom. The highest BCUT2D eigenvalue weighted by Crippen LogP contribution is 2.51. The molecule has 2 aliphatic heterocycles. The van der Waals surface area contributed by atoms with Gasteiger partial charge in [0.2, 0.25) is 11.8 Å². The molecule has 0 saturated carbocycles. The summed E-state index contributed by atoms with van der Waals surface area (Å²) in [5.41, 5.74) is -0.669. The lowest BCUT2D eigenvalue weighted by Crippen LogP contribution is -2.57. The largest absolute Gasteiger partial charge is 0.504 e. The first kappa shape index (κ1) is 19.9. The van der Waals surface area contributed by atoms with E-state index in [2.05, 4.69) is 5.32 Å². The van der Waals surface area contributed by atoms with Crippen LogP contribution in [0.3, 0.4) is 0 Å². The molecule has 2 fully saturated rings. The van der Waals surface area contributed by atoms with Gasteiger partial charge >= 0.3 is 5.97 Å². The second kappa shape index (κ2) is 7.14. The fourth-order valence-electron chi connectivity index (χ4n) is 4.72. The molecule has 2 aromatic carbocycles. The number of hydrogen-bond acceptors (Lipinski definition) is 6. The molecule has 0 aliphatic carbocycles. The summed E-state index contributed by atoms with van der Waals surface area (Å²) >= 11 is 0. The van der Waals surface area contributed by atoms with Gasteiger partial charge in [-0.15, -0.1) is 0 Å². The van der Waals surface area contributed by atoms with Gasteiger partial charge in [0, 0.05) is 25.1 Å². The van der Waals surface area contributed by atoms with Crippen LogP contribution in [0.25, 0.3) is 0 Å². The van der Waals surface area contributed by atoms with Gasteiger partial charge < -0.3 is 14.9 Å². The van der Waals surface area contributed by atoms with Crippen molar-refractivity contribution < 1.29 is 29.3 Å². The van der Waals surface area contributed by atoms with E-state index in [1.807, 2.05) is 6.07 Å². The number of nitrogens with one attached hydrogen (secondary N) is 1. The Morgan fingerprint density at radius 2 is 1.83 bits per heavy atom. The average Bonchev–Trinajstić information content (AvgIpc) is 3.19. The van der Waals surface area contributed by atoms with E-state index in [-0.39, 0.29) is 17.9 Å². The Kier molecular flexibility index (Phi) is 4.74. The minimum atomic E-state index is -1.70. The predicted octanol–water partition coefficient (Wildman–Crippen LogP) is 1.34. The van der Waals surface area contributed by atoms with Crippen molar-refractivity contribution in [3.63, 3.8) is 0 Å². The van der Waals surface area contributed by atoms with Crippen LogP contribution in [0.2, 0.25) is 0 Å². The number of amides is 2. The molecular weight excluding hydrogens is 388 g/mol. The maximum atomic E-state index is 13.0. The van der Waals surface area contributed by atoms with E-state index < -0.39 is 41.2 Å². The first-order valence-electron chi connectivity index (χ1n) is 9.54. The van der Waals surface area contributed by atoms with Crippen molar-refractivity contribution in [3.8, 4) is 11.5 Å². The van der Waals surface area contributed by atoms with E-state index in [1.165, 1.54) is 14.2 Å². The van der Waals surface area contributed by atoms with Crippen molar-refractivity contribution in [2.75, 3.05) is 14.2 Å². The molecular formula is C22H22N2O6. The normalized spacial score (nSPS) is 27.9. The molecule has 2 amide bonds. The molecule has 0 bridgehead atoms. The van der Waals surface area contributed by atoms with Gasteiger partial charge in [-0.1, -0.05) is 42.5 Å². The SMILES string of the molecule is COc1cccc([C@@H]2N[C@](Cc3ccccc3)(C(=O)O)[C@@H]3C(=O)N(C)C(=O)[C@@H]32)c1O. The number of benzene rings is 2. The summed E-state index contributed by atoms with van der Waals surface area (Å²) in [5.74, 6) is -4.29. The van der Waals surface area contributed by atoms with Crippen LogP contribution in [0.4, 0.5) is 0 Å². The number of carboxylic acids is 1. The van der Waals surface area contributed by atoms with Crippen molar-refractivity contribution in [1.82, 2.24) is 10.2 Å². The van der Waals surface area contributed by atoms with Gasteiger partial charge in [0.15, 0.2) is 11.5 Å². The molecule has 2 saturated heterocycles. The van der Waals surface area contributed by atoms with Crippen LogP contribution in [-0.4, -0.2) is 52.6 Å². The zero-order valence-corrected chi connectivity index (χ0v) is 16.5. The molecule has 4 rings (SSSR count). The third kappa shape index (κ3) is 2.75. The van der Waals surface area contributed by atoms with Crippen molar-refractivity contribution >= 4 is 17.8 Å². The van der Waals surface area contributed by atoms with Crippen LogP contribution >= 0.6 is 0 Å². The van der Waals surface area contributed by atoms with E-state index in [4.69, 9.17) is 4.74 Å². The Balaban J connectivity index is 1.88.